The molecule has 17 heavy (non-hydrogen) atoms. The molecule has 1 atom stereocenters. The molecule has 2 N–H and O–H groups in total. The molecule has 90 valence electrons. The Bertz CT molecular complexity index is 441. The second-order valence-corrected chi connectivity index (χ2v) is 3.96. The summed E-state index contributed by atoms with van der Waals surface area (Å²) in [5.41, 5.74) is 0.481. The van der Waals surface area contributed by atoms with Crippen molar-refractivity contribution in [2.45, 2.75) is 18.9 Å². The van der Waals surface area contributed by atoms with Gasteiger partial charge < -0.3 is 20.5 Å². The first-order chi connectivity index (χ1) is 8.08. The predicted octanol–water partition coefficient (Wildman–Crippen LogP) is 1.26. The average Bonchev–Trinajstić information content (AvgIpc) is 3.10. The van der Waals surface area contributed by atoms with E-state index in [2.05, 4.69) is 10.3 Å². The van der Waals surface area contributed by atoms with Gasteiger partial charge in [-0.15, -0.1) is 0 Å². The van der Waals surface area contributed by atoms with Gasteiger partial charge in [0.15, 0.2) is 6.20 Å². The summed E-state index contributed by atoms with van der Waals surface area (Å²) in [6.45, 7) is 0. The van der Waals surface area contributed by atoms with Gasteiger partial charge in [0.05, 0.1) is 5.69 Å². The number of rotatable bonds is 5. The Labute approximate surface area is 96.6 Å². The number of carbonyl (C=O) groups is 1. The van der Waals surface area contributed by atoms with Crippen LogP contribution in [0.2, 0.25) is 0 Å². The summed E-state index contributed by atoms with van der Waals surface area (Å²) in [7, 11) is 0. The van der Waals surface area contributed by atoms with E-state index < -0.39 is 16.9 Å². The molecule has 1 saturated carbocycles. The number of anilines is 1. The molecule has 0 amide bonds. The van der Waals surface area contributed by atoms with Crippen LogP contribution in [0.25, 0.3) is 0 Å². The second kappa shape index (κ2) is 4.36. The van der Waals surface area contributed by atoms with Crippen LogP contribution in [0, 0.1) is 16.0 Å². The molecule has 1 aromatic heterocycles. The lowest BCUT2D eigenvalue weighted by Gasteiger charge is -2.13. The quantitative estimate of drug-likeness (QED) is 0.590. The maximum absolute atomic E-state index is 11.0. The summed E-state index contributed by atoms with van der Waals surface area (Å²) in [5, 5.41) is 22.2. The first-order valence-corrected chi connectivity index (χ1v) is 5.17. The lowest BCUT2D eigenvalue weighted by atomic mass is 10.2. The maximum Gasteiger partial charge on any atom is 0.363 e. The van der Waals surface area contributed by atoms with Gasteiger partial charge in [0.2, 0.25) is 0 Å². The van der Waals surface area contributed by atoms with Crippen molar-refractivity contribution in [3.63, 3.8) is 0 Å². The summed E-state index contributed by atoms with van der Waals surface area (Å²) in [6.07, 6.45) is 3.06. The van der Waals surface area contributed by atoms with Gasteiger partial charge in [0.25, 0.3) is 0 Å². The number of aliphatic carboxylic acids is 1. The monoisotopic (exact) mass is 237 g/mol. The average molecular weight is 237 g/mol. The molecular weight excluding hydrogens is 226 g/mol. The van der Waals surface area contributed by atoms with Gasteiger partial charge in [-0.05, 0) is 34.7 Å². The van der Waals surface area contributed by atoms with Gasteiger partial charge in [-0.25, -0.2) is 4.79 Å². The van der Waals surface area contributed by atoms with Gasteiger partial charge in [0, 0.05) is 6.07 Å². The van der Waals surface area contributed by atoms with Crippen molar-refractivity contribution in [1.82, 2.24) is 4.98 Å². The van der Waals surface area contributed by atoms with E-state index in [1.54, 1.807) is 0 Å². The van der Waals surface area contributed by atoms with Crippen molar-refractivity contribution in [2.24, 2.45) is 5.92 Å². The van der Waals surface area contributed by atoms with E-state index in [1.807, 2.05) is 0 Å². The van der Waals surface area contributed by atoms with E-state index in [0.29, 0.717) is 5.69 Å². The topological polar surface area (TPSA) is 105 Å². The van der Waals surface area contributed by atoms with Gasteiger partial charge in [-0.2, -0.15) is 0 Å². The van der Waals surface area contributed by atoms with Crippen molar-refractivity contribution < 1.29 is 14.8 Å². The lowest BCUT2D eigenvalue weighted by molar-refractivity contribution is -0.389. The molecule has 7 nitrogen and oxygen atoms in total. The molecule has 1 fully saturated rings. The Balaban J connectivity index is 2.07. The number of nitro groups is 1. The van der Waals surface area contributed by atoms with Crippen molar-refractivity contribution in [2.75, 3.05) is 5.32 Å². The van der Waals surface area contributed by atoms with Crippen molar-refractivity contribution in [3.05, 3.63) is 28.4 Å². The van der Waals surface area contributed by atoms with Crippen LogP contribution < -0.4 is 5.32 Å². The number of nitrogens with zero attached hydrogens (tertiary/aromatic N) is 2. The minimum atomic E-state index is -0.911. The third-order valence-corrected chi connectivity index (χ3v) is 2.62. The molecule has 1 heterocycles. The molecule has 2 rings (SSSR count). The highest BCUT2D eigenvalue weighted by Gasteiger charge is 2.36. The van der Waals surface area contributed by atoms with Gasteiger partial charge in [0.1, 0.15) is 6.04 Å². The summed E-state index contributed by atoms with van der Waals surface area (Å²) in [5.74, 6) is -1.03. The largest absolute Gasteiger partial charge is 0.480 e. The predicted molar refractivity (Wildman–Crippen MR) is 58.7 cm³/mol. The van der Waals surface area contributed by atoms with Crippen LogP contribution in [0.3, 0.4) is 0 Å². The van der Waals surface area contributed by atoms with E-state index in [4.69, 9.17) is 5.11 Å². The van der Waals surface area contributed by atoms with Gasteiger partial charge in [-0.3, -0.25) is 0 Å². The number of hydrogen-bond donors (Lipinski definition) is 2. The molecule has 7 heteroatoms. The highest BCUT2D eigenvalue weighted by Crippen LogP contribution is 2.34. The number of aromatic nitrogens is 1. The fourth-order valence-electron chi connectivity index (χ4n) is 1.57. The zero-order valence-corrected chi connectivity index (χ0v) is 8.87. The molecule has 0 spiro atoms. The number of carboxylic acids is 1. The van der Waals surface area contributed by atoms with Crippen molar-refractivity contribution in [3.8, 4) is 0 Å². The minimum Gasteiger partial charge on any atom is -0.480 e. The molecule has 1 unspecified atom stereocenters. The van der Waals surface area contributed by atoms with Crippen LogP contribution in [0.4, 0.5) is 11.5 Å². The molecule has 0 bridgehead atoms. The van der Waals surface area contributed by atoms with Crippen LogP contribution in [0.1, 0.15) is 12.8 Å². The number of hydrogen-bond acceptors (Lipinski definition) is 5. The van der Waals surface area contributed by atoms with Gasteiger partial charge >= 0.3 is 11.8 Å². The molecular formula is C10H11N3O4. The maximum atomic E-state index is 11.0. The number of pyridine rings is 1. The fourth-order valence-corrected chi connectivity index (χ4v) is 1.57. The minimum absolute atomic E-state index is 0.141. The first-order valence-electron chi connectivity index (χ1n) is 5.17. The standard InChI is InChI=1S/C10H11N3O4/c14-10(15)9(6-1-2-6)12-7-3-4-8(11-5-7)13(16)17/h3-6,9,12H,1-2H2,(H,14,15). The Kier molecular flexibility index (Phi) is 2.90. The summed E-state index contributed by atoms with van der Waals surface area (Å²) in [4.78, 5) is 24.4. The number of nitrogens with one attached hydrogen (secondary N) is 1. The third kappa shape index (κ3) is 2.68. The van der Waals surface area contributed by atoms with Crippen LogP contribution in [0.5, 0.6) is 0 Å². The first kappa shape index (κ1) is 11.3. The molecule has 1 aliphatic rings. The number of carboxylic acid groups (broad SMARTS) is 1. The summed E-state index contributed by atoms with van der Waals surface area (Å²) < 4.78 is 0. The fraction of sp³-hybridized carbons (Fsp3) is 0.400. The van der Waals surface area contributed by atoms with Crippen molar-refractivity contribution in [1.29, 1.82) is 0 Å². The SMILES string of the molecule is O=C(O)C(Nc1ccc([N+](=O)[O-])nc1)C1CC1. The third-order valence-electron chi connectivity index (χ3n) is 2.62. The van der Waals surface area contributed by atoms with E-state index in [9.17, 15) is 14.9 Å². The smallest absolute Gasteiger partial charge is 0.363 e. The Morgan fingerprint density at radius 3 is 2.71 bits per heavy atom. The van der Waals surface area contributed by atoms with E-state index in [1.165, 1.54) is 18.3 Å². The van der Waals surface area contributed by atoms with Crippen LogP contribution in [-0.4, -0.2) is 27.0 Å². The van der Waals surface area contributed by atoms with E-state index in [-0.39, 0.29) is 11.7 Å². The molecule has 0 radical (unpaired) electrons. The zero-order chi connectivity index (χ0) is 12.4. The highest BCUT2D eigenvalue weighted by atomic mass is 16.6. The Morgan fingerprint density at radius 2 is 2.29 bits per heavy atom. The summed E-state index contributed by atoms with van der Waals surface area (Å²) in [6, 6.07) is 2.07. The molecule has 1 aromatic rings. The van der Waals surface area contributed by atoms with E-state index in [0.717, 1.165) is 12.8 Å². The van der Waals surface area contributed by atoms with Crippen LogP contribution >= 0.6 is 0 Å². The molecule has 0 aliphatic heterocycles. The summed E-state index contributed by atoms with van der Waals surface area (Å²) >= 11 is 0. The Morgan fingerprint density at radius 1 is 1.59 bits per heavy atom. The second-order valence-electron chi connectivity index (χ2n) is 3.96. The molecule has 0 saturated heterocycles. The lowest BCUT2D eigenvalue weighted by Crippen LogP contribution is -2.31. The Hall–Kier alpha value is -2.18. The van der Waals surface area contributed by atoms with Crippen LogP contribution in [-0.2, 0) is 4.79 Å². The van der Waals surface area contributed by atoms with Gasteiger partial charge in [-0.1, -0.05) is 0 Å². The molecule has 1 aliphatic carbocycles. The van der Waals surface area contributed by atoms with E-state index >= 15 is 0 Å². The van der Waals surface area contributed by atoms with Crippen LogP contribution in [0.15, 0.2) is 18.3 Å². The molecule has 0 aromatic carbocycles. The zero-order valence-electron chi connectivity index (χ0n) is 8.87. The normalized spacial score (nSPS) is 16.2. The van der Waals surface area contributed by atoms with Crippen molar-refractivity contribution >= 4 is 17.5 Å². The highest BCUT2D eigenvalue weighted by molar-refractivity contribution is 5.78.